The van der Waals surface area contributed by atoms with Crippen LogP contribution < -0.4 is 14.2 Å². The van der Waals surface area contributed by atoms with Crippen molar-refractivity contribution in [3.05, 3.63) is 82.2 Å². The van der Waals surface area contributed by atoms with E-state index < -0.39 is 27.3 Å². The van der Waals surface area contributed by atoms with Crippen molar-refractivity contribution < 1.29 is 31.1 Å². The van der Waals surface area contributed by atoms with Gasteiger partial charge in [-0.15, -0.1) is 0 Å². The third kappa shape index (κ3) is 5.03. The van der Waals surface area contributed by atoms with Gasteiger partial charge in [0.05, 0.1) is 21.2 Å². The smallest absolute Gasteiger partial charge is 0.387 e. The maximum Gasteiger partial charge on any atom is 0.387 e. The molecule has 0 radical (unpaired) electrons. The predicted molar refractivity (Wildman–Crippen MR) is 123 cm³/mol. The number of anilines is 1. The van der Waals surface area contributed by atoms with Crippen LogP contribution in [0.3, 0.4) is 0 Å². The average molecular weight is 531 g/mol. The normalized spacial score (nSPS) is 11.7. The van der Waals surface area contributed by atoms with E-state index in [1.165, 1.54) is 48.7 Å². The van der Waals surface area contributed by atoms with E-state index in [1.807, 2.05) is 0 Å². The number of hydrogen-bond acceptors (Lipinski definition) is 4. The summed E-state index contributed by atoms with van der Waals surface area (Å²) < 4.78 is 77.8. The van der Waals surface area contributed by atoms with Crippen LogP contribution in [0.4, 0.5) is 18.9 Å². The molecule has 178 valence electrons. The van der Waals surface area contributed by atoms with Crippen LogP contribution in [0, 0.1) is 5.82 Å². The number of aromatic amines is 1. The highest BCUT2D eigenvalue weighted by molar-refractivity contribution is 7.92. The van der Waals surface area contributed by atoms with E-state index in [1.54, 1.807) is 6.07 Å². The van der Waals surface area contributed by atoms with E-state index in [0.717, 1.165) is 6.07 Å². The first kappa shape index (κ1) is 24.1. The topological polar surface area (TPSA) is 80.4 Å². The Labute approximate surface area is 202 Å². The maximum atomic E-state index is 15.1. The van der Waals surface area contributed by atoms with Crippen LogP contribution in [0.25, 0.3) is 10.9 Å². The lowest BCUT2D eigenvalue weighted by atomic mass is 10.2. The molecule has 0 aliphatic carbocycles. The number of rotatable bonds is 8. The van der Waals surface area contributed by atoms with Gasteiger partial charge in [-0.2, -0.15) is 8.78 Å². The molecule has 0 saturated heterocycles. The van der Waals surface area contributed by atoms with Crippen LogP contribution in [0.2, 0.25) is 10.0 Å². The van der Waals surface area contributed by atoms with Crippen LogP contribution in [-0.2, 0) is 16.6 Å². The molecule has 0 fully saturated rings. The lowest BCUT2D eigenvalue weighted by Crippen LogP contribution is -2.15. The van der Waals surface area contributed by atoms with Gasteiger partial charge in [0.25, 0.3) is 10.0 Å². The number of halogens is 5. The highest BCUT2D eigenvalue weighted by Gasteiger charge is 2.24. The molecule has 1 aromatic heterocycles. The predicted octanol–water partition coefficient (Wildman–Crippen LogP) is 6.60. The zero-order valence-electron chi connectivity index (χ0n) is 17.0. The van der Waals surface area contributed by atoms with Crippen molar-refractivity contribution in [2.75, 3.05) is 4.72 Å². The number of H-pyrrole nitrogens is 1. The van der Waals surface area contributed by atoms with E-state index >= 15 is 4.39 Å². The fraction of sp³-hybridized carbons (Fsp3) is 0.0909. The molecule has 0 aliphatic heterocycles. The number of fused-ring (bicyclic) bond motifs is 1. The lowest BCUT2D eigenvalue weighted by molar-refractivity contribution is -0.0499. The lowest BCUT2D eigenvalue weighted by Gasteiger charge is -2.13. The maximum absolute atomic E-state index is 15.1. The van der Waals surface area contributed by atoms with Crippen molar-refractivity contribution in [3.8, 4) is 11.5 Å². The monoisotopic (exact) mass is 530 g/mol. The minimum absolute atomic E-state index is 0.0872. The van der Waals surface area contributed by atoms with Crippen LogP contribution in [-0.4, -0.2) is 20.0 Å². The van der Waals surface area contributed by atoms with E-state index in [9.17, 15) is 17.2 Å². The molecule has 0 atom stereocenters. The van der Waals surface area contributed by atoms with Gasteiger partial charge in [-0.1, -0.05) is 41.4 Å². The summed E-state index contributed by atoms with van der Waals surface area (Å²) in [5, 5.41) is 1.03. The number of hydrogen-bond donors (Lipinski definition) is 2. The van der Waals surface area contributed by atoms with Crippen molar-refractivity contribution in [2.24, 2.45) is 0 Å². The first-order valence-corrected chi connectivity index (χ1v) is 11.8. The van der Waals surface area contributed by atoms with E-state index in [-0.39, 0.29) is 23.8 Å². The number of alkyl halides is 2. The van der Waals surface area contributed by atoms with Crippen molar-refractivity contribution in [3.63, 3.8) is 0 Å². The molecular weight excluding hydrogens is 516 g/mol. The first-order valence-electron chi connectivity index (χ1n) is 9.58. The highest BCUT2D eigenvalue weighted by atomic mass is 35.5. The zero-order chi connectivity index (χ0) is 24.5. The molecule has 0 spiro atoms. The molecule has 0 aliphatic rings. The van der Waals surface area contributed by atoms with Crippen LogP contribution in [0.1, 0.15) is 5.56 Å². The van der Waals surface area contributed by atoms with Gasteiger partial charge in [-0.3, -0.25) is 4.72 Å². The largest absolute Gasteiger partial charge is 0.486 e. The Balaban J connectivity index is 1.57. The van der Waals surface area contributed by atoms with E-state index in [4.69, 9.17) is 27.9 Å². The molecule has 34 heavy (non-hydrogen) atoms. The summed E-state index contributed by atoms with van der Waals surface area (Å²) in [5.74, 6) is -1.55. The first-order chi connectivity index (χ1) is 16.2. The van der Waals surface area contributed by atoms with Crippen molar-refractivity contribution in [1.82, 2.24) is 4.98 Å². The minimum Gasteiger partial charge on any atom is -0.486 e. The summed E-state index contributed by atoms with van der Waals surface area (Å²) in [5.41, 5.74) is 0.865. The van der Waals surface area contributed by atoms with Gasteiger partial charge in [-0.25, -0.2) is 12.8 Å². The molecule has 4 rings (SSSR count). The molecule has 2 N–H and O–H groups in total. The molecule has 0 amide bonds. The van der Waals surface area contributed by atoms with Crippen molar-refractivity contribution in [2.45, 2.75) is 18.1 Å². The van der Waals surface area contributed by atoms with Crippen LogP contribution in [0.15, 0.2) is 65.7 Å². The molecule has 0 unspecified atom stereocenters. The Morgan fingerprint density at radius 1 is 1.03 bits per heavy atom. The zero-order valence-corrected chi connectivity index (χ0v) is 19.3. The third-order valence-corrected chi connectivity index (χ3v) is 6.71. The van der Waals surface area contributed by atoms with Crippen LogP contribution in [0.5, 0.6) is 11.5 Å². The number of aromatic nitrogens is 1. The standard InChI is InChI=1S/C22H15Cl2F3N2O4S/c23-14-7-8-16(21-19(14)15(24)10-28-21)29-34(30,31)18-6-2-5-17(20(18)25)32-11-12-3-1-4-13(9-12)33-22(26)27/h1-10,22,28-29H,11H2. The van der Waals surface area contributed by atoms with Crippen LogP contribution >= 0.6 is 23.2 Å². The summed E-state index contributed by atoms with van der Waals surface area (Å²) in [6.45, 7) is -3.21. The Morgan fingerprint density at radius 3 is 2.56 bits per heavy atom. The summed E-state index contributed by atoms with van der Waals surface area (Å²) >= 11 is 12.2. The third-order valence-electron chi connectivity index (χ3n) is 4.72. The Kier molecular flexibility index (Phi) is 6.83. The summed E-state index contributed by atoms with van der Waals surface area (Å²) in [6, 6.07) is 12.2. The Morgan fingerprint density at radius 2 is 1.79 bits per heavy atom. The second-order valence-electron chi connectivity index (χ2n) is 6.97. The summed E-state index contributed by atoms with van der Waals surface area (Å²) in [6.07, 6.45) is 1.45. The minimum atomic E-state index is -4.38. The van der Waals surface area contributed by atoms with Gasteiger partial charge in [-0.05, 0) is 42.0 Å². The molecule has 0 saturated carbocycles. The summed E-state index contributed by atoms with van der Waals surface area (Å²) in [7, 11) is -4.38. The van der Waals surface area contributed by atoms with Gasteiger partial charge < -0.3 is 14.5 Å². The van der Waals surface area contributed by atoms with E-state index in [2.05, 4.69) is 14.4 Å². The van der Waals surface area contributed by atoms with Crippen molar-refractivity contribution in [1.29, 1.82) is 0 Å². The Hall–Kier alpha value is -3.08. The van der Waals surface area contributed by atoms with Gasteiger partial charge in [0.2, 0.25) is 0 Å². The van der Waals surface area contributed by atoms with Gasteiger partial charge in [0.15, 0.2) is 11.6 Å². The summed E-state index contributed by atoms with van der Waals surface area (Å²) in [4.78, 5) is 2.18. The SMILES string of the molecule is O=S(=O)(Nc1ccc(Cl)c2c(Cl)c[nH]c12)c1cccc(OCc2cccc(OC(F)F)c2)c1F. The molecule has 12 heteroatoms. The number of benzene rings is 3. The fourth-order valence-corrected chi connectivity index (χ4v) is 4.96. The second-order valence-corrected chi connectivity index (χ2v) is 9.44. The number of ether oxygens (including phenoxy) is 2. The molecule has 6 nitrogen and oxygen atoms in total. The van der Waals surface area contributed by atoms with Gasteiger partial charge in [0, 0.05) is 11.6 Å². The quantitative estimate of drug-likeness (QED) is 0.269. The van der Waals surface area contributed by atoms with Crippen molar-refractivity contribution >= 4 is 49.8 Å². The molecular formula is C22H15Cl2F3N2O4S. The van der Waals surface area contributed by atoms with Gasteiger partial charge >= 0.3 is 6.61 Å². The Bertz CT molecular complexity index is 1460. The second kappa shape index (κ2) is 9.65. The fourth-order valence-electron chi connectivity index (χ4n) is 3.24. The van der Waals surface area contributed by atoms with E-state index in [0.29, 0.717) is 26.5 Å². The average Bonchev–Trinajstić information content (AvgIpc) is 3.17. The van der Waals surface area contributed by atoms with Gasteiger partial charge in [0.1, 0.15) is 17.3 Å². The molecule has 0 bridgehead atoms. The molecule has 3 aromatic carbocycles. The molecule has 4 aromatic rings. The molecule has 1 heterocycles. The highest BCUT2D eigenvalue weighted by Crippen LogP contribution is 2.36. The number of sulfonamides is 1. The number of nitrogens with one attached hydrogen (secondary N) is 2.